The number of nitrogens with one attached hydrogen (secondary N) is 1. The molecule has 1 fully saturated rings. The van der Waals surface area contributed by atoms with E-state index >= 15 is 0 Å². The van der Waals surface area contributed by atoms with Crippen LogP contribution in [-0.2, 0) is 11.3 Å². The van der Waals surface area contributed by atoms with E-state index in [1.54, 1.807) is 6.07 Å². The van der Waals surface area contributed by atoms with Crippen molar-refractivity contribution >= 4 is 17.8 Å². The number of anilines is 2. The zero-order chi connectivity index (χ0) is 20.4. The van der Waals surface area contributed by atoms with E-state index in [2.05, 4.69) is 25.2 Å². The summed E-state index contributed by atoms with van der Waals surface area (Å²) < 4.78 is 11.7. The SMILES string of the molecule is CC1Oc2ccccc2OC1C(=O)NCc1nc(N(C)C)nc(N2CCCC2)n1. The zero-order valence-electron chi connectivity index (χ0n) is 17.0. The molecule has 29 heavy (non-hydrogen) atoms. The van der Waals surface area contributed by atoms with Gasteiger partial charge in [0.2, 0.25) is 18.0 Å². The lowest BCUT2D eigenvalue weighted by molar-refractivity contribution is -0.133. The van der Waals surface area contributed by atoms with Crippen molar-refractivity contribution in [3.63, 3.8) is 0 Å². The van der Waals surface area contributed by atoms with Crippen LogP contribution < -0.4 is 24.6 Å². The summed E-state index contributed by atoms with van der Waals surface area (Å²) in [7, 11) is 3.77. The molecule has 0 radical (unpaired) electrons. The first kappa shape index (κ1) is 19.2. The number of rotatable bonds is 5. The second-order valence-electron chi connectivity index (χ2n) is 7.47. The average molecular weight is 398 g/mol. The maximum Gasteiger partial charge on any atom is 0.265 e. The molecule has 4 rings (SSSR count). The van der Waals surface area contributed by atoms with Gasteiger partial charge >= 0.3 is 0 Å². The lowest BCUT2D eigenvalue weighted by Gasteiger charge is -2.31. The van der Waals surface area contributed by atoms with Crippen LogP contribution in [0.25, 0.3) is 0 Å². The molecule has 1 aromatic heterocycles. The fourth-order valence-electron chi connectivity index (χ4n) is 3.41. The summed E-state index contributed by atoms with van der Waals surface area (Å²) in [5.41, 5.74) is 0. The molecular formula is C20H26N6O3. The summed E-state index contributed by atoms with van der Waals surface area (Å²) in [4.78, 5) is 30.3. The molecule has 154 valence electrons. The van der Waals surface area contributed by atoms with Gasteiger partial charge in [-0.2, -0.15) is 15.0 Å². The number of carbonyl (C=O) groups excluding carboxylic acids is 1. The number of hydrogen-bond acceptors (Lipinski definition) is 8. The highest BCUT2D eigenvalue weighted by molar-refractivity contribution is 5.82. The first-order valence-corrected chi connectivity index (χ1v) is 9.88. The van der Waals surface area contributed by atoms with Crippen molar-refractivity contribution in [1.29, 1.82) is 0 Å². The Balaban J connectivity index is 1.46. The second-order valence-corrected chi connectivity index (χ2v) is 7.47. The molecule has 9 nitrogen and oxygen atoms in total. The third-order valence-electron chi connectivity index (χ3n) is 4.97. The smallest absolute Gasteiger partial charge is 0.265 e. The van der Waals surface area contributed by atoms with Crippen LogP contribution in [0.3, 0.4) is 0 Å². The van der Waals surface area contributed by atoms with Gasteiger partial charge in [-0.05, 0) is 31.9 Å². The molecule has 2 atom stereocenters. The van der Waals surface area contributed by atoms with Gasteiger partial charge < -0.3 is 24.6 Å². The quantitative estimate of drug-likeness (QED) is 0.808. The molecule has 2 aromatic rings. The molecule has 0 saturated carbocycles. The summed E-state index contributed by atoms with van der Waals surface area (Å²) >= 11 is 0. The number of benzene rings is 1. The van der Waals surface area contributed by atoms with Gasteiger partial charge in [0.15, 0.2) is 17.3 Å². The molecule has 0 spiro atoms. The van der Waals surface area contributed by atoms with Gasteiger partial charge in [0.05, 0.1) is 6.54 Å². The maximum absolute atomic E-state index is 12.7. The summed E-state index contributed by atoms with van der Waals surface area (Å²) in [6.45, 7) is 3.88. The van der Waals surface area contributed by atoms with Gasteiger partial charge in [-0.25, -0.2) is 0 Å². The van der Waals surface area contributed by atoms with Crippen molar-refractivity contribution in [3.05, 3.63) is 30.1 Å². The number of ether oxygens (including phenoxy) is 2. The molecular weight excluding hydrogens is 372 g/mol. The molecule has 9 heteroatoms. The van der Waals surface area contributed by atoms with Crippen LogP contribution in [0.4, 0.5) is 11.9 Å². The fraction of sp³-hybridized carbons (Fsp3) is 0.500. The summed E-state index contributed by atoms with van der Waals surface area (Å²) in [6, 6.07) is 7.34. The lowest BCUT2D eigenvalue weighted by Crippen LogP contribution is -2.48. The van der Waals surface area contributed by atoms with E-state index in [0.717, 1.165) is 25.9 Å². The Labute approximate surface area is 170 Å². The van der Waals surface area contributed by atoms with Crippen LogP contribution >= 0.6 is 0 Å². The first-order valence-electron chi connectivity index (χ1n) is 9.88. The van der Waals surface area contributed by atoms with Crippen molar-refractivity contribution in [2.24, 2.45) is 0 Å². The van der Waals surface area contributed by atoms with Gasteiger partial charge in [0.25, 0.3) is 5.91 Å². The van der Waals surface area contributed by atoms with Crippen LogP contribution in [0.5, 0.6) is 11.5 Å². The Hall–Kier alpha value is -3.10. The molecule has 3 heterocycles. The van der Waals surface area contributed by atoms with E-state index in [0.29, 0.717) is 29.2 Å². The molecule has 1 saturated heterocycles. The van der Waals surface area contributed by atoms with E-state index in [1.165, 1.54) is 0 Å². The highest BCUT2D eigenvalue weighted by atomic mass is 16.6. The van der Waals surface area contributed by atoms with E-state index in [4.69, 9.17) is 9.47 Å². The fourth-order valence-corrected chi connectivity index (χ4v) is 3.41. The van der Waals surface area contributed by atoms with Crippen LogP contribution in [0.2, 0.25) is 0 Å². The van der Waals surface area contributed by atoms with Crippen molar-refractivity contribution in [2.75, 3.05) is 37.0 Å². The summed E-state index contributed by atoms with van der Waals surface area (Å²) in [6.07, 6.45) is 1.12. The number of nitrogens with zero attached hydrogens (tertiary/aromatic N) is 5. The zero-order valence-corrected chi connectivity index (χ0v) is 17.0. The van der Waals surface area contributed by atoms with Crippen molar-refractivity contribution in [1.82, 2.24) is 20.3 Å². The number of carbonyl (C=O) groups is 1. The van der Waals surface area contributed by atoms with Gasteiger partial charge in [-0.15, -0.1) is 0 Å². The molecule has 1 N–H and O–H groups in total. The lowest BCUT2D eigenvalue weighted by atomic mass is 10.1. The van der Waals surface area contributed by atoms with E-state index in [-0.39, 0.29) is 12.5 Å². The summed E-state index contributed by atoms with van der Waals surface area (Å²) in [5, 5.41) is 2.88. The first-order chi connectivity index (χ1) is 14.0. The molecule has 0 aliphatic carbocycles. The topological polar surface area (TPSA) is 92.7 Å². The normalized spacial score (nSPS) is 20.4. The van der Waals surface area contributed by atoms with E-state index in [1.807, 2.05) is 44.1 Å². The number of aromatic nitrogens is 3. The van der Waals surface area contributed by atoms with Gasteiger partial charge in [-0.3, -0.25) is 4.79 Å². The highest BCUT2D eigenvalue weighted by Gasteiger charge is 2.34. The minimum Gasteiger partial charge on any atom is -0.482 e. The largest absolute Gasteiger partial charge is 0.482 e. The van der Waals surface area contributed by atoms with E-state index < -0.39 is 12.2 Å². The van der Waals surface area contributed by atoms with Crippen LogP contribution in [0.1, 0.15) is 25.6 Å². The van der Waals surface area contributed by atoms with E-state index in [9.17, 15) is 4.79 Å². The Kier molecular flexibility index (Phi) is 5.37. The second kappa shape index (κ2) is 8.10. The number of para-hydroxylation sites is 2. The van der Waals surface area contributed by atoms with Crippen molar-refractivity contribution < 1.29 is 14.3 Å². The maximum atomic E-state index is 12.7. The third kappa shape index (κ3) is 4.18. The Morgan fingerprint density at radius 3 is 2.52 bits per heavy atom. The standard InChI is InChI=1S/C20H26N6O3/c1-13-17(29-15-9-5-4-8-14(15)28-13)18(27)21-12-16-22-19(25(2)3)24-20(23-16)26-10-6-7-11-26/h4-5,8-9,13,17H,6-7,10-12H2,1-3H3,(H,21,27). The molecule has 1 aromatic carbocycles. The minimum absolute atomic E-state index is 0.192. The van der Waals surface area contributed by atoms with Gasteiger partial charge in [-0.1, -0.05) is 12.1 Å². The van der Waals surface area contributed by atoms with Crippen LogP contribution in [-0.4, -0.2) is 60.3 Å². The van der Waals surface area contributed by atoms with Gasteiger partial charge in [0.1, 0.15) is 6.10 Å². The monoisotopic (exact) mass is 398 g/mol. The molecule has 2 aliphatic heterocycles. The third-order valence-corrected chi connectivity index (χ3v) is 4.97. The van der Waals surface area contributed by atoms with Crippen molar-refractivity contribution in [3.8, 4) is 11.5 Å². The number of amides is 1. The minimum atomic E-state index is -0.738. The predicted octanol–water partition coefficient (Wildman–Crippen LogP) is 1.38. The van der Waals surface area contributed by atoms with Gasteiger partial charge in [0, 0.05) is 27.2 Å². The Bertz CT molecular complexity index is 884. The molecule has 2 aliphatic rings. The Morgan fingerprint density at radius 1 is 1.14 bits per heavy atom. The predicted molar refractivity (Wildman–Crippen MR) is 108 cm³/mol. The van der Waals surface area contributed by atoms with Crippen LogP contribution in [0.15, 0.2) is 24.3 Å². The van der Waals surface area contributed by atoms with Crippen molar-refractivity contribution in [2.45, 2.75) is 38.5 Å². The molecule has 2 unspecified atom stereocenters. The molecule has 0 bridgehead atoms. The van der Waals surface area contributed by atoms with Crippen LogP contribution in [0, 0.1) is 0 Å². The Morgan fingerprint density at radius 2 is 1.83 bits per heavy atom. The number of fused-ring (bicyclic) bond motifs is 1. The average Bonchev–Trinajstić information content (AvgIpc) is 3.26. The number of hydrogen-bond donors (Lipinski definition) is 1. The summed E-state index contributed by atoms with van der Waals surface area (Å²) in [5.74, 6) is 2.70. The highest BCUT2D eigenvalue weighted by Crippen LogP contribution is 2.33. The molecule has 1 amide bonds.